The van der Waals surface area contributed by atoms with Gasteiger partial charge in [-0.05, 0) is 55.3 Å². The molecule has 0 aliphatic rings. The minimum absolute atomic E-state index is 0.272. The fourth-order valence-corrected chi connectivity index (χ4v) is 3.32. The number of rotatable bonds is 10. The lowest BCUT2D eigenvalue weighted by Crippen LogP contribution is -2.33. The van der Waals surface area contributed by atoms with Crippen molar-refractivity contribution in [3.05, 3.63) is 96.1 Å². The van der Waals surface area contributed by atoms with Crippen molar-refractivity contribution in [2.75, 3.05) is 20.3 Å². The van der Waals surface area contributed by atoms with Crippen molar-refractivity contribution in [2.45, 2.75) is 25.3 Å². The van der Waals surface area contributed by atoms with Crippen LogP contribution in [-0.2, 0) is 0 Å². The molecule has 0 fully saturated rings. The first kappa shape index (κ1) is 20.0. The number of hydrogen-bond acceptors (Lipinski definition) is 3. The van der Waals surface area contributed by atoms with Crippen LogP contribution in [0, 0.1) is 0 Å². The predicted molar refractivity (Wildman–Crippen MR) is 115 cm³/mol. The average Bonchev–Trinajstić information content (AvgIpc) is 2.77. The zero-order valence-corrected chi connectivity index (χ0v) is 16.7. The van der Waals surface area contributed by atoms with Crippen LogP contribution in [0.1, 0.15) is 30.4 Å². The highest BCUT2D eigenvalue weighted by Crippen LogP contribution is 2.27. The second kappa shape index (κ2) is 10.5. The van der Waals surface area contributed by atoms with E-state index in [2.05, 4.69) is 72.9 Å². The van der Waals surface area contributed by atoms with Gasteiger partial charge in [0, 0.05) is 12.0 Å². The standard InChI is InChI=1S/C25H29NO2/c1-20(19-28-24-15-13-23(27-2)14-16-24)26-18-17-25(21-9-5-3-6-10-21)22-11-7-4-8-12-22/h3-16,20,25-26H,17-19H2,1-2H3. The summed E-state index contributed by atoms with van der Waals surface area (Å²) >= 11 is 0. The molecule has 0 spiro atoms. The van der Waals surface area contributed by atoms with Crippen molar-refractivity contribution >= 4 is 0 Å². The van der Waals surface area contributed by atoms with Gasteiger partial charge in [0.1, 0.15) is 18.1 Å². The summed E-state index contributed by atoms with van der Waals surface area (Å²) in [4.78, 5) is 0. The van der Waals surface area contributed by atoms with Gasteiger partial charge < -0.3 is 14.8 Å². The fourth-order valence-electron chi connectivity index (χ4n) is 3.32. The Hall–Kier alpha value is -2.78. The smallest absolute Gasteiger partial charge is 0.119 e. The molecule has 0 aliphatic carbocycles. The Labute approximate surface area is 168 Å². The summed E-state index contributed by atoms with van der Waals surface area (Å²) in [5, 5.41) is 3.60. The second-order valence-electron chi connectivity index (χ2n) is 7.00. The summed E-state index contributed by atoms with van der Waals surface area (Å²) in [6.45, 7) is 3.72. The molecule has 0 saturated heterocycles. The van der Waals surface area contributed by atoms with Gasteiger partial charge in [0.15, 0.2) is 0 Å². The Kier molecular flexibility index (Phi) is 7.51. The highest BCUT2D eigenvalue weighted by molar-refractivity contribution is 5.32. The quantitative estimate of drug-likeness (QED) is 0.523. The SMILES string of the molecule is COc1ccc(OCC(C)NCCC(c2ccccc2)c2ccccc2)cc1. The first-order valence-electron chi connectivity index (χ1n) is 9.86. The first-order chi connectivity index (χ1) is 13.8. The van der Waals surface area contributed by atoms with E-state index in [9.17, 15) is 0 Å². The van der Waals surface area contributed by atoms with Crippen LogP contribution in [0.25, 0.3) is 0 Å². The number of ether oxygens (including phenoxy) is 2. The van der Waals surface area contributed by atoms with Crippen LogP contribution in [-0.4, -0.2) is 26.3 Å². The van der Waals surface area contributed by atoms with Crippen molar-refractivity contribution in [1.29, 1.82) is 0 Å². The zero-order valence-electron chi connectivity index (χ0n) is 16.7. The van der Waals surface area contributed by atoms with Crippen LogP contribution in [0.2, 0.25) is 0 Å². The molecule has 3 rings (SSSR count). The van der Waals surface area contributed by atoms with E-state index < -0.39 is 0 Å². The molecular weight excluding hydrogens is 346 g/mol. The van der Waals surface area contributed by atoms with Crippen molar-refractivity contribution in [1.82, 2.24) is 5.32 Å². The molecule has 28 heavy (non-hydrogen) atoms. The number of benzene rings is 3. The molecule has 0 amide bonds. The first-order valence-corrected chi connectivity index (χ1v) is 9.86. The summed E-state index contributed by atoms with van der Waals surface area (Å²) < 4.78 is 11.1. The highest BCUT2D eigenvalue weighted by atomic mass is 16.5. The normalized spacial score (nSPS) is 12.0. The number of nitrogens with one attached hydrogen (secondary N) is 1. The third-order valence-corrected chi connectivity index (χ3v) is 4.89. The van der Waals surface area contributed by atoms with Gasteiger partial charge in [-0.25, -0.2) is 0 Å². The number of hydrogen-bond donors (Lipinski definition) is 1. The Balaban J connectivity index is 1.50. The topological polar surface area (TPSA) is 30.5 Å². The molecule has 0 radical (unpaired) electrons. The molecule has 0 saturated carbocycles. The van der Waals surface area contributed by atoms with Crippen LogP contribution in [0.4, 0.5) is 0 Å². The van der Waals surface area contributed by atoms with Crippen LogP contribution < -0.4 is 14.8 Å². The van der Waals surface area contributed by atoms with E-state index in [1.807, 2.05) is 24.3 Å². The Morgan fingerprint density at radius 2 is 1.29 bits per heavy atom. The minimum Gasteiger partial charge on any atom is -0.497 e. The summed E-state index contributed by atoms with van der Waals surface area (Å²) in [5.74, 6) is 2.09. The summed E-state index contributed by atoms with van der Waals surface area (Å²) in [6, 6.07) is 29.4. The largest absolute Gasteiger partial charge is 0.497 e. The van der Waals surface area contributed by atoms with Gasteiger partial charge in [0.2, 0.25) is 0 Å². The van der Waals surface area contributed by atoms with Gasteiger partial charge in [0.05, 0.1) is 7.11 Å². The molecule has 0 heterocycles. The molecule has 3 nitrogen and oxygen atoms in total. The molecule has 3 aromatic rings. The lowest BCUT2D eigenvalue weighted by Gasteiger charge is -2.20. The monoisotopic (exact) mass is 375 g/mol. The van der Waals surface area contributed by atoms with E-state index in [1.165, 1.54) is 11.1 Å². The van der Waals surface area contributed by atoms with Crippen LogP contribution >= 0.6 is 0 Å². The third kappa shape index (κ3) is 5.86. The molecule has 1 unspecified atom stereocenters. The molecule has 1 atom stereocenters. The third-order valence-electron chi connectivity index (χ3n) is 4.89. The van der Waals surface area contributed by atoms with Crippen molar-refractivity contribution in [3.63, 3.8) is 0 Å². The van der Waals surface area contributed by atoms with Gasteiger partial charge >= 0.3 is 0 Å². The Morgan fingerprint density at radius 3 is 1.82 bits per heavy atom. The molecule has 3 heteroatoms. The maximum Gasteiger partial charge on any atom is 0.119 e. The summed E-state index contributed by atoms with van der Waals surface area (Å²) in [6.07, 6.45) is 1.04. The maximum atomic E-state index is 5.88. The molecular formula is C25H29NO2. The van der Waals surface area contributed by atoms with E-state index in [-0.39, 0.29) is 6.04 Å². The zero-order chi connectivity index (χ0) is 19.6. The summed E-state index contributed by atoms with van der Waals surface area (Å²) in [5.41, 5.74) is 2.72. The van der Waals surface area contributed by atoms with Crippen molar-refractivity contribution < 1.29 is 9.47 Å². The predicted octanol–water partition coefficient (Wildman–Crippen LogP) is 5.27. The fraction of sp³-hybridized carbons (Fsp3) is 0.280. The maximum absolute atomic E-state index is 5.88. The average molecular weight is 376 g/mol. The summed E-state index contributed by atoms with van der Waals surface area (Å²) in [7, 11) is 1.67. The van der Waals surface area contributed by atoms with Crippen molar-refractivity contribution in [3.8, 4) is 11.5 Å². The molecule has 0 aromatic heterocycles. The Bertz CT molecular complexity index is 763. The second-order valence-corrected chi connectivity index (χ2v) is 7.00. The van der Waals surface area contributed by atoms with Gasteiger partial charge in [-0.2, -0.15) is 0 Å². The lowest BCUT2D eigenvalue weighted by atomic mass is 9.88. The minimum atomic E-state index is 0.272. The van der Waals surface area contributed by atoms with Gasteiger partial charge in [-0.1, -0.05) is 60.7 Å². The molecule has 0 bridgehead atoms. The highest BCUT2D eigenvalue weighted by Gasteiger charge is 2.14. The van der Waals surface area contributed by atoms with E-state index in [4.69, 9.17) is 9.47 Å². The molecule has 3 aromatic carbocycles. The van der Waals surface area contributed by atoms with E-state index in [0.29, 0.717) is 12.5 Å². The van der Waals surface area contributed by atoms with E-state index in [0.717, 1.165) is 24.5 Å². The van der Waals surface area contributed by atoms with E-state index >= 15 is 0 Å². The van der Waals surface area contributed by atoms with Crippen LogP contribution in [0.3, 0.4) is 0 Å². The Morgan fingerprint density at radius 1 is 0.750 bits per heavy atom. The van der Waals surface area contributed by atoms with Crippen LogP contribution in [0.15, 0.2) is 84.9 Å². The lowest BCUT2D eigenvalue weighted by molar-refractivity contribution is 0.272. The van der Waals surface area contributed by atoms with Gasteiger partial charge in [-0.3, -0.25) is 0 Å². The number of methoxy groups -OCH3 is 1. The molecule has 1 N–H and O–H groups in total. The van der Waals surface area contributed by atoms with E-state index in [1.54, 1.807) is 7.11 Å². The van der Waals surface area contributed by atoms with Gasteiger partial charge in [-0.15, -0.1) is 0 Å². The molecule has 146 valence electrons. The van der Waals surface area contributed by atoms with Crippen molar-refractivity contribution in [2.24, 2.45) is 0 Å². The van der Waals surface area contributed by atoms with Gasteiger partial charge in [0.25, 0.3) is 0 Å². The van der Waals surface area contributed by atoms with Crippen LogP contribution in [0.5, 0.6) is 11.5 Å². The molecule has 0 aliphatic heterocycles.